The van der Waals surface area contributed by atoms with Crippen LogP contribution in [0.15, 0.2) is 65.6 Å². The number of fused-ring (bicyclic) bond motifs is 1. The van der Waals surface area contributed by atoms with Crippen molar-refractivity contribution >= 4 is 21.6 Å². The molecule has 0 spiro atoms. The maximum Gasteiger partial charge on any atom is 0.262 e. The van der Waals surface area contributed by atoms with Gasteiger partial charge in [0, 0.05) is 5.56 Å². The number of benzene rings is 3. The van der Waals surface area contributed by atoms with Gasteiger partial charge in [0.25, 0.3) is 15.9 Å². The maximum atomic E-state index is 13.5. The molecule has 1 atom stereocenters. The highest BCUT2D eigenvalue weighted by Gasteiger charge is 2.26. The van der Waals surface area contributed by atoms with Crippen molar-refractivity contribution in [3.8, 4) is 5.75 Å². The first-order valence-electron chi connectivity index (χ1n) is 10.1. The minimum atomic E-state index is -3.95. The molecule has 1 aliphatic carbocycles. The predicted molar refractivity (Wildman–Crippen MR) is 120 cm³/mol. The summed E-state index contributed by atoms with van der Waals surface area (Å²) in [6, 6.07) is 15.4. The topological polar surface area (TPSA) is 84.5 Å². The number of nitrogens with one attached hydrogen (secondary N) is 2. The molecule has 1 unspecified atom stereocenters. The molecule has 3 aromatic carbocycles. The number of methoxy groups -OCH3 is 1. The van der Waals surface area contributed by atoms with Gasteiger partial charge < -0.3 is 10.1 Å². The van der Waals surface area contributed by atoms with Crippen molar-refractivity contribution in [2.45, 2.75) is 30.7 Å². The van der Waals surface area contributed by atoms with Crippen LogP contribution in [0.1, 0.15) is 39.5 Å². The van der Waals surface area contributed by atoms with E-state index in [1.807, 2.05) is 0 Å². The number of hydrogen-bond donors (Lipinski definition) is 2. The molecular weight excluding hydrogens is 431 g/mol. The second-order valence-electron chi connectivity index (χ2n) is 7.69. The van der Waals surface area contributed by atoms with Crippen molar-refractivity contribution in [2.24, 2.45) is 0 Å². The molecule has 32 heavy (non-hydrogen) atoms. The number of aryl methyl sites for hydroxylation is 2. The number of para-hydroxylation sites is 2. The molecule has 2 N–H and O–H groups in total. The van der Waals surface area contributed by atoms with Gasteiger partial charge in [-0.05, 0) is 72.9 Å². The molecule has 0 aromatic heterocycles. The number of halogens is 1. The Morgan fingerprint density at radius 3 is 2.66 bits per heavy atom. The third-order valence-electron chi connectivity index (χ3n) is 5.60. The fourth-order valence-electron chi connectivity index (χ4n) is 3.92. The fraction of sp³-hybridized carbons (Fsp3) is 0.208. The highest BCUT2D eigenvalue weighted by atomic mass is 32.2. The van der Waals surface area contributed by atoms with Gasteiger partial charge in [0.15, 0.2) is 0 Å². The molecule has 3 aromatic rings. The molecule has 0 radical (unpaired) electrons. The SMILES string of the molecule is COc1ccccc1NS(=O)(=O)c1ccc(C)c(C(=O)NC2CCc3cc(F)ccc32)c1. The molecular formula is C24H23FN2O4S. The van der Waals surface area contributed by atoms with Crippen LogP contribution < -0.4 is 14.8 Å². The first kappa shape index (κ1) is 21.8. The second kappa shape index (κ2) is 8.63. The lowest BCUT2D eigenvalue weighted by Gasteiger charge is -2.16. The standard InChI is InChI=1S/C24H23FN2O4S/c1-15-7-10-18(32(29,30)27-22-5-3-4-6-23(22)31-2)14-20(15)24(28)26-21-12-8-16-13-17(25)9-11-19(16)21/h3-7,9-11,13-14,21,27H,8,12H2,1-2H3,(H,26,28). The third-order valence-corrected chi connectivity index (χ3v) is 6.97. The Morgan fingerprint density at radius 2 is 1.88 bits per heavy atom. The van der Waals surface area contributed by atoms with E-state index >= 15 is 0 Å². The van der Waals surface area contributed by atoms with Gasteiger partial charge in [-0.2, -0.15) is 0 Å². The molecule has 8 heteroatoms. The Hall–Kier alpha value is -3.39. The number of carbonyl (C=O) groups is 1. The molecule has 0 fully saturated rings. The van der Waals surface area contributed by atoms with Crippen molar-refractivity contribution in [1.29, 1.82) is 0 Å². The lowest BCUT2D eigenvalue weighted by Crippen LogP contribution is -2.28. The summed E-state index contributed by atoms with van der Waals surface area (Å²) in [6.07, 6.45) is 1.34. The average molecular weight is 455 g/mol. The predicted octanol–water partition coefficient (Wildman–Crippen LogP) is 4.36. The minimum absolute atomic E-state index is 0.0342. The molecule has 0 saturated heterocycles. The summed E-state index contributed by atoms with van der Waals surface area (Å²) in [4.78, 5) is 13.0. The summed E-state index contributed by atoms with van der Waals surface area (Å²) in [5.74, 6) is -0.288. The van der Waals surface area contributed by atoms with Crippen LogP contribution in [0.4, 0.5) is 10.1 Å². The van der Waals surface area contributed by atoms with Gasteiger partial charge in [-0.15, -0.1) is 0 Å². The Balaban J connectivity index is 1.58. The number of ether oxygens (including phenoxy) is 1. The number of amides is 1. The van der Waals surface area contributed by atoms with E-state index in [0.717, 1.165) is 11.1 Å². The summed E-state index contributed by atoms with van der Waals surface area (Å²) in [5, 5.41) is 2.96. The monoisotopic (exact) mass is 454 g/mol. The number of hydrogen-bond acceptors (Lipinski definition) is 4. The molecule has 1 aliphatic rings. The van der Waals surface area contributed by atoms with Crippen molar-refractivity contribution in [1.82, 2.24) is 5.32 Å². The first-order valence-corrected chi connectivity index (χ1v) is 11.6. The summed E-state index contributed by atoms with van der Waals surface area (Å²) in [6.45, 7) is 1.75. The number of rotatable bonds is 6. The largest absolute Gasteiger partial charge is 0.495 e. The van der Waals surface area contributed by atoms with E-state index in [4.69, 9.17) is 4.74 Å². The van der Waals surface area contributed by atoms with E-state index in [0.29, 0.717) is 29.8 Å². The van der Waals surface area contributed by atoms with Gasteiger partial charge in [0.2, 0.25) is 0 Å². The van der Waals surface area contributed by atoms with Crippen LogP contribution in [0.3, 0.4) is 0 Å². The van der Waals surface area contributed by atoms with E-state index < -0.39 is 10.0 Å². The van der Waals surface area contributed by atoms with E-state index in [-0.39, 0.29) is 28.2 Å². The summed E-state index contributed by atoms with van der Waals surface area (Å²) >= 11 is 0. The van der Waals surface area contributed by atoms with Crippen LogP contribution in [0.25, 0.3) is 0 Å². The van der Waals surface area contributed by atoms with Gasteiger partial charge in [0.05, 0.1) is 23.7 Å². The number of sulfonamides is 1. The van der Waals surface area contributed by atoms with Crippen molar-refractivity contribution < 1.29 is 22.3 Å². The molecule has 0 saturated carbocycles. The van der Waals surface area contributed by atoms with Crippen LogP contribution in [-0.4, -0.2) is 21.4 Å². The van der Waals surface area contributed by atoms with Gasteiger partial charge >= 0.3 is 0 Å². The summed E-state index contributed by atoms with van der Waals surface area (Å²) in [5.41, 5.74) is 2.99. The minimum Gasteiger partial charge on any atom is -0.495 e. The zero-order valence-corrected chi connectivity index (χ0v) is 18.5. The Morgan fingerprint density at radius 1 is 1.09 bits per heavy atom. The van der Waals surface area contributed by atoms with Gasteiger partial charge in [-0.3, -0.25) is 9.52 Å². The molecule has 0 aliphatic heterocycles. The lowest BCUT2D eigenvalue weighted by molar-refractivity contribution is 0.0936. The second-order valence-corrected chi connectivity index (χ2v) is 9.37. The molecule has 6 nitrogen and oxygen atoms in total. The van der Waals surface area contributed by atoms with Crippen LogP contribution in [-0.2, 0) is 16.4 Å². The Labute approximate surface area is 186 Å². The molecule has 166 valence electrons. The van der Waals surface area contributed by atoms with E-state index in [9.17, 15) is 17.6 Å². The number of carbonyl (C=O) groups excluding carboxylic acids is 1. The van der Waals surface area contributed by atoms with E-state index in [1.54, 1.807) is 43.3 Å². The van der Waals surface area contributed by atoms with E-state index in [1.165, 1.54) is 31.4 Å². The van der Waals surface area contributed by atoms with Crippen LogP contribution >= 0.6 is 0 Å². The molecule has 4 rings (SSSR count). The third kappa shape index (κ3) is 4.31. The number of anilines is 1. The lowest BCUT2D eigenvalue weighted by atomic mass is 10.1. The maximum absolute atomic E-state index is 13.5. The highest BCUT2D eigenvalue weighted by molar-refractivity contribution is 7.92. The van der Waals surface area contributed by atoms with Gasteiger partial charge in [-0.25, -0.2) is 12.8 Å². The first-order chi connectivity index (χ1) is 15.3. The summed E-state index contributed by atoms with van der Waals surface area (Å²) < 4.78 is 47.1. The smallest absolute Gasteiger partial charge is 0.262 e. The molecule has 1 amide bonds. The quantitative estimate of drug-likeness (QED) is 0.580. The zero-order chi connectivity index (χ0) is 22.9. The fourth-order valence-corrected chi connectivity index (χ4v) is 5.01. The van der Waals surface area contributed by atoms with Crippen LogP contribution in [0.5, 0.6) is 5.75 Å². The van der Waals surface area contributed by atoms with Crippen molar-refractivity contribution in [3.05, 3.63) is 88.7 Å². The summed E-state index contributed by atoms with van der Waals surface area (Å²) in [7, 11) is -2.50. The van der Waals surface area contributed by atoms with E-state index in [2.05, 4.69) is 10.0 Å². The van der Waals surface area contributed by atoms with Crippen molar-refractivity contribution in [2.75, 3.05) is 11.8 Å². The molecule has 0 bridgehead atoms. The Bertz CT molecular complexity index is 1290. The average Bonchev–Trinajstić information content (AvgIpc) is 3.15. The van der Waals surface area contributed by atoms with Crippen LogP contribution in [0.2, 0.25) is 0 Å². The van der Waals surface area contributed by atoms with Crippen LogP contribution in [0, 0.1) is 12.7 Å². The molecule has 0 heterocycles. The van der Waals surface area contributed by atoms with Gasteiger partial charge in [-0.1, -0.05) is 24.3 Å². The Kier molecular flexibility index (Phi) is 5.88. The van der Waals surface area contributed by atoms with Crippen molar-refractivity contribution in [3.63, 3.8) is 0 Å². The van der Waals surface area contributed by atoms with Gasteiger partial charge in [0.1, 0.15) is 11.6 Å². The highest BCUT2D eigenvalue weighted by Crippen LogP contribution is 2.32. The zero-order valence-electron chi connectivity index (χ0n) is 17.7. The normalized spacial score (nSPS) is 15.2.